The first-order chi connectivity index (χ1) is 13.5. The highest BCUT2D eigenvalue weighted by atomic mass is 32.2. The van der Waals surface area contributed by atoms with E-state index >= 15 is 0 Å². The summed E-state index contributed by atoms with van der Waals surface area (Å²) in [6.07, 6.45) is 8.90. The van der Waals surface area contributed by atoms with Crippen molar-refractivity contribution in [1.29, 1.82) is 0 Å². The second-order valence-electron chi connectivity index (χ2n) is 7.87. The Labute approximate surface area is 175 Å². The van der Waals surface area contributed by atoms with Crippen LogP contribution in [0.1, 0.15) is 59.6 Å². The number of fused-ring (bicyclic) bond motifs is 1. The van der Waals surface area contributed by atoms with Gasteiger partial charge in [-0.3, -0.25) is 0 Å². The van der Waals surface area contributed by atoms with Gasteiger partial charge in [0.1, 0.15) is 0 Å². The Morgan fingerprint density at radius 1 is 1.18 bits per heavy atom. The lowest BCUT2D eigenvalue weighted by atomic mass is 9.73. The van der Waals surface area contributed by atoms with E-state index in [0.29, 0.717) is 11.8 Å². The van der Waals surface area contributed by atoms with E-state index in [1.807, 2.05) is 17.8 Å². The molecule has 0 amide bonds. The van der Waals surface area contributed by atoms with E-state index in [2.05, 4.69) is 82.7 Å². The molecule has 0 bridgehead atoms. The summed E-state index contributed by atoms with van der Waals surface area (Å²) in [7, 11) is 0. The van der Waals surface area contributed by atoms with Gasteiger partial charge in [0.2, 0.25) is 0 Å². The van der Waals surface area contributed by atoms with E-state index in [0.717, 1.165) is 18.6 Å². The maximum Gasteiger partial charge on any atom is 0.0101 e. The van der Waals surface area contributed by atoms with Crippen LogP contribution in [0, 0.1) is 12.8 Å². The zero-order valence-electron chi connectivity index (χ0n) is 17.7. The summed E-state index contributed by atoms with van der Waals surface area (Å²) in [6.45, 7) is 15.3. The van der Waals surface area contributed by atoms with Crippen molar-refractivity contribution in [1.82, 2.24) is 0 Å². The van der Waals surface area contributed by atoms with E-state index in [1.165, 1.54) is 44.5 Å². The minimum Gasteiger partial charge on any atom is -0.165 e. The summed E-state index contributed by atoms with van der Waals surface area (Å²) in [5.41, 5.74) is 10.8. The SMILES string of the molecule is C=Cc1ccc(C(CSC)C2C=C(C)c3c(C)cccc3C2=C)cc1CCC. The van der Waals surface area contributed by atoms with Gasteiger partial charge in [-0.25, -0.2) is 0 Å². The normalized spacial score (nSPS) is 17.1. The fourth-order valence-corrected chi connectivity index (χ4v) is 5.34. The quantitative estimate of drug-likeness (QED) is 0.466. The predicted octanol–water partition coefficient (Wildman–Crippen LogP) is 7.78. The predicted molar refractivity (Wildman–Crippen MR) is 129 cm³/mol. The summed E-state index contributed by atoms with van der Waals surface area (Å²) in [4.78, 5) is 0. The van der Waals surface area contributed by atoms with Gasteiger partial charge in [0.05, 0.1) is 0 Å². The molecule has 0 aromatic heterocycles. The number of allylic oxidation sites excluding steroid dienone is 3. The molecule has 0 N–H and O–H groups in total. The van der Waals surface area contributed by atoms with Crippen LogP contribution in [-0.4, -0.2) is 12.0 Å². The Kier molecular flexibility index (Phi) is 6.67. The van der Waals surface area contributed by atoms with Crippen LogP contribution in [0.3, 0.4) is 0 Å². The number of rotatable bonds is 7. The number of hydrogen-bond acceptors (Lipinski definition) is 1. The molecule has 0 spiro atoms. The molecule has 146 valence electrons. The molecule has 0 radical (unpaired) electrons. The first kappa shape index (κ1) is 20.7. The van der Waals surface area contributed by atoms with Crippen LogP contribution >= 0.6 is 11.8 Å². The molecule has 1 heteroatoms. The second-order valence-corrected chi connectivity index (χ2v) is 8.78. The van der Waals surface area contributed by atoms with Crippen LogP contribution in [0.5, 0.6) is 0 Å². The highest BCUT2D eigenvalue weighted by molar-refractivity contribution is 7.98. The lowest BCUT2D eigenvalue weighted by Crippen LogP contribution is -2.19. The number of thioether (sulfide) groups is 1. The van der Waals surface area contributed by atoms with E-state index in [1.54, 1.807) is 0 Å². The molecule has 0 fully saturated rings. The van der Waals surface area contributed by atoms with Gasteiger partial charge in [-0.05, 0) is 71.1 Å². The maximum absolute atomic E-state index is 4.56. The first-order valence-electron chi connectivity index (χ1n) is 10.2. The Balaban J connectivity index is 2.07. The van der Waals surface area contributed by atoms with Crippen LogP contribution in [0.25, 0.3) is 17.2 Å². The monoisotopic (exact) mass is 388 g/mol. The van der Waals surface area contributed by atoms with Gasteiger partial charge in [0.25, 0.3) is 0 Å². The molecule has 2 aromatic carbocycles. The van der Waals surface area contributed by atoms with Crippen LogP contribution < -0.4 is 0 Å². The molecule has 2 aromatic rings. The van der Waals surface area contributed by atoms with Crippen molar-refractivity contribution in [3.05, 3.63) is 89.0 Å². The third-order valence-corrected chi connectivity index (χ3v) is 6.65. The van der Waals surface area contributed by atoms with Gasteiger partial charge in [0.15, 0.2) is 0 Å². The zero-order valence-corrected chi connectivity index (χ0v) is 18.5. The topological polar surface area (TPSA) is 0 Å². The molecule has 0 heterocycles. The third kappa shape index (κ3) is 3.91. The van der Waals surface area contributed by atoms with Crippen molar-refractivity contribution in [2.24, 2.45) is 5.92 Å². The number of aryl methyl sites for hydroxylation is 2. The minimum absolute atomic E-state index is 0.339. The lowest BCUT2D eigenvalue weighted by molar-refractivity contribution is 0.668. The molecule has 0 saturated heterocycles. The Morgan fingerprint density at radius 3 is 2.64 bits per heavy atom. The van der Waals surface area contributed by atoms with Gasteiger partial charge in [0, 0.05) is 17.6 Å². The van der Waals surface area contributed by atoms with Crippen LogP contribution in [0.2, 0.25) is 0 Å². The maximum atomic E-state index is 4.56. The number of hydrogen-bond donors (Lipinski definition) is 0. The van der Waals surface area contributed by atoms with E-state index in [9.17, 15) is 0 Å². The minimum atomic E-state index is 0.339. The van der Waals surface area contributed by atoms with Gasteiger partial charge >= 0.3 is 0 Å². The summed E-state index contributed by atoms with van der Waals surface area (Å²) in [6, 6.07) is 13.6. The summed E-state index contributed by atoms with van der Waals surface area (Å²) >= 11 is 1.92. The van der Waals surface area contributed by atoms with Crippen molar-refractivity contribution in [3.8, 4) is 0 Å². The van der Waals surface area contributed by atoms with Gasteiger partial charge in [-0.2, -0.15) is 11.8 Å². The Bertz CT molecular complexity index is 916. The fourth-order valence-electron chi connectivity index (χ4n) is 4.58. The average molecular weight is 389 g/mol. The molecule has 28 heavy (non-hydrogen) atoms. The zero-order chi connectivity index (χ0) is 20.3. The van der Waals surface area contributed by atoms with Gasteiger partial charge < -0.3 is 0 Å². The summed E-state index contributed by atoms with van der Waals surface area (Å²) in [5.74, 6) is 1.86. The van der Waals surface area contributed by atoms with Crippen molar-refractivity contribution >= 4 is 29.0 Å². The van der Waals surface area contributed by atoms with Crippen molar-refractivity contribution in [2.75, 3.05) is 12.0 Å². The van der Waals surface area contributed by atoms with Crippen LogP contribution in [0.4, 0.5) is 0 Å². The largest absolute Gasteiger partial charge is 0.165 e. The van der Waals surface area contributed by atoms with Gasteiger partial charge in [-0.1, -0.05) is 75.1 Å². The second kappa shape index (κ2) is 9.01. The van der Waals surface area contributed by atoms with E-state index < -0.39 is 0 Å². The molecule has 2 unspecified atom stereocenters. The highest BCUT2D eigenvalue weighted by Gasteiger charge is 2.29. The van der Waals surface area contributed by atoms with Crippen molar-refractivity contribution < 1.29 is 0 Å². The summed E-state index contributed by atoms with van der Waals surface area (Å²) < 4.78 is 0. The average Bonchev–Trinajstić information content (AvgIpc) is 2.69. The summed E-state index contributed by atoms with van der Waals surface area (Å²) in [5, 5.41) is 0. The molecule has 1 aliphatic carbocycles. The van der Waals surface area contributed by atoms with Crippen LogP contribution in [-0.2, 0) is 6.42 Å². The van der Waals surface area contributed by atoms with E-state index in [4.69, 9.17) is 0 Å². The molecule has 0 saturated carbocycles. The number of benzene rings is 2. The molecule has 2 atom stereocenters. The standard InChI is InChI=1S/C27H32S/c1-7-10-22-16-23(14-13-21(22)8-2)26(17-28-6)25-15-19(4)27-18(3)11-9-12-24(27)20(25)5/h8-9,11-16,25-26H,2,5,7,10,17H2,1,3-4,6H3. The first-order valence-corrected chi connectivity index (χ1v) is 11.6. The molecular weight excluding hydrogens is 356 g/mol. The molecule has 3 rings (SSSR count). The molecule has 1 aliphatic rings. The fraction of sp³-hybridized carbons (Fsp3) is 0.333. The third-order valence-electron chi connectivity index (χ3n) is 5.96. The lowest BCUT2D eigenvalue weighted by Gasteiger charge is -2.33. The molecule has 0 aliphatic heterocycles. The Morgan fingerprint density at radius 2 is 1.96 bits per heavy atom. The van der Waals surface area contributed by atoms with Crippen molar-refractivity contribution in [2.45, 2.75) is 39.5 Å². The van der Waals surface area contributed by atoms with E-state index in [-0.39, 0.29) is 0 Å². The molecular formula is C27H32S. The van der Waals surface area contributed by atoms with Gasteiger partial charge in [-0.15, -0.1) is 0 Å². The highest BCUT2D eigenvalue weighted by Crippen LogP contribution is 2.45. The van der Waals surface area contributed by atoms with Crippen LogP contribution in [0.15, 0.2) is 55.6 Å². The Hall–Kier alpha value is -1.99. The molecule has 0 nitrogen and oxygen atoms in total. The van der Waals surface area contributed by atoms with Crippen molar-refractivity contribution in [3.63, 3.8) is 0 Å². The smallest absolute Gasteiger partial charge is 0.0101 e.